The van der Waals surface area contributed by atoms with E-state index in [0.717, 1.165) is 6.42 Å². The zero-order valence-corrected chi connectivity index (χ0v) is 7.50. The average Bonchev–Trinajstić information content (AvgIpc) is 2.37. The standard InChI is InChI=1S/C6H9BrOS/c7-4-5(8)6-2-1-3-9-6/h6H,1-4H2. The molecule has 0 radical (unpaired) electrons. The predicted octanol–water partition coefficient (Wildman–Crippen LogP) is 1.85. The summed E-state index contributed by atoms with van der Waals surface area (Å²) in [5.41, 5.74) is 0. The lowest BCUT2D eigenvalue weighted by Crippen LogP contribution is -2.14. The molecule has 0 amide bonds. The molecule has 0 aliphatic carbocycles. The van der Waals surface area contributed by atoms with Gasteiger partial charge in [-0.3, -0.25) is 4.79 Å². The lowest BCUT2D eigenvalue weighted by molar-refractivity contribution is -0.116. The van der Waals surface area contributed by atoms with Gasteiger partial charge in [0.25, 0.3) is 0 Å². The van der Waals surface area contributed by atoms with Crippen LogP contribution in [-0.4, -0.2) is 22.1 Å². The number of hydrogen-bond donors (Lipinski definition) is 0. The minimum absolute atomic E-state index is 0.310. The Morgan fingerprint density at radius 3 is 3.00 bits per heavy atom. The average molecular weight is 209 g/mol. The normalized spacial score (nSPS) is 26.6. The molecule has 1 unspecified atom stereocenters. The van der Waals surface area contributed by atoms with Crippen LogP contribution in [0.3, 0.4) is 0 Å². The molecule has 1 saturated heterocycles. The van der Waals surface area contributed by atoms with Gasteiger partial charge >= 0.3 is 0 Å². The number of ketones is 1. The Balaban J connectivity index is 2.32. The van der Waals surface area contributed by atoms with Crippen LogP contribution in [0.25, 0.3) is 0 Å². The molecule has 1 heterocycles. The molecule has 0 bridgehead atoms. The van der Waals surface area contributed by atoms with Crippen molar-refractivity contribution in [3.8, 4) is 0 Å². The van der Waals surface area contributed by atoms with Crippen molar-refractivity contribution in [3.05, 3.63) is 0 Å². The minimum atomic E-state index is 0.310. The molecule has 0 saturated carbocycles. The molecule has 1 aliphatic rings. The molecule has 0 N–H and O–H groups in total. The SMILES string of the molecule is O=C(CBr)C1CCCS1. The van der Waals surface area contributed by atoms with Crippen molar-refractivity contribution in [2.75, 3.05) is 11.1 Å². The fraction of sp³-hybridized carbons (Fsp3) is 0.833. The molecule has 52 valence electrons. The number of Topliss-reactive ketones (excluding diaryl/α,β-unsaturated/α-hetero) is 1. The lowest BCUT2D eigenvalue weighted by Gasteiger charge is -2.01. The first-order valence-electron chi connectivity index (χ1n) is 3.05. The number of hydrogen-bond acceptors (Lipinski definition) is 2. The molecule has 0 aromatic carbocycles. The van der Waals surface area contributed by atoms with Crippen molar-refractivity contribution < 1.29 is 4.79 Å². The molecule has 1 nitrogen and oxygen atoms in total. The van der Waals surface area contributed by atoms with E-state index in [2.05, 4.69) is 15.9 Å². The smallest absolute Gasteiger partial charge is 0.156 e. The van der Waals surface area contributed by atoms with Crippen molar-refractivity contribution in [2.24, 2.45) is 0 Å². The fourth-order valence-electron chi connectivity index (χ4n) is 0.918. The Kier molecular flexibility index (Phi) is 3.06. The van der Waals surface area contributed by atoms with Crippen LogP contribution in [0.15, 0.2) is 0 Å². The molecule has 1 aliphatic heterocycles. The van der Waals surface area contributed by atoms with E-state index in [1.807, 2.05) is 0 Å². The molecule has 0 spiro atoms. The summed E-state index contributed by atoms with van der Waals surface area (Å²) in [4.78, 5) is 10.9. The van der Waals surface area contributed by atoms with Crippen molar-refractivity contribution in [2.45, 2.75) is 18.1 Å². The van der Waals surface area contributed by atoms with Gasteiger partial charge in [0.1, 0.15) is 0 Å². The highest BCUT2D eigenvalue weighted by molar-refractivity contribution is 9.09. The van der Waals surface area contributed by atoms with Crippen molar-refractivity contribution in [1.29, 1.82) is 0 Å². The summed E-state index contributed by atoms with van der Waals surface area (Å²) in [6, 6.07) is 0. The van der Waals surface area contributed by atoms with Crippen molar-refractivity contribution in [3.63, 3.8) is 0 Å². The van der Waals surface area contributed by atoms with Gasteiger partial charge in [0.05, 0.1) is 10.6 Å². The van der Waals surface area contributed by atoms with Crippen LogP contribution >= 0.6 is 27.7 Å². The topological polar surface area (TPSA) is 17.1 Å². The van der Waals surface area contributed by atoms with Crippen LogP contribution in [0, 0.1) is 0 Å². The van der Waals surface area contributed by atoms with E-state index in [1.165, 1.54) is 12.2 Å². The monoisotopic (exact) mass is 208 g/mol. The molecule has 1 fully saturated rings. The first-order chi connectivity index (χ1) is 4.34. The second-order valence-electron chi connectivity index (χ2n) is 2.10. The van der Waals surface area contributed by atoms with Gasteiger partial charge in [0.15, 0.2) is 5.78 Å². The molecule has 0 aromatic rings. The summed E-state index contributed by atoms with van der Waals surface area (Å²) in [5.74, 6) is 1.53. The van der Waals surface area contributed by atoms with Crippen LogP contribution in [-0.2, 0) is 4.79 Å². The minimum Gasteiger partial charge on any atom is -0.298 e. The number of rotatable bonds is 2. The molecule has 9 heavy (non-hydrogen) atoms. The third-order valence-electron chi connectivity index (χ3n) is 1.42. The van der Waals surface area contributed by atoms with E-state index in [1.54, 1.807) is 11.8 Å². The number of halogens is 1. The van der Waals surface area contributed by atoms with Gasteiger partial charge in [-0.2, -0.15) is 11.8 Å². The maximum atomic E-state index is 10.9. The highest BCUT2D eigenvalue weighted by atomic mass is 79.9. The summed E-state index contributed by atoms with van der Waals surface area (Å²) in [7, 11) is 0. The molecule has 1 atom stereocenters. The summed E-state index contributed by atoms with van der Waals surface area (Å²) in [6.45, 7) is 0. The van der Waals surface area contributed by atoms with Gasteiger partial charge in [-0.1, -0.05) is 15.9 Å². The first-order valence-corrected chi connectivity index (χ1v) is 5.22. The summed E-state index contributed by atoms with van der Waals surface area (Å²) in [5, 5.41) is 0.842. The van der Waals surface area contributed by atoms with E-state index in [-0.39, 0.29) is 0 Å². The second-order valence-corrected chi connectivity index (χ2v) is 3.97. The van der Waals surface area contributed by atoms with Crippen LogP contribution in [0.5, 0.6) is 0 Å². The third kappa shape index (κ3) is 1.97. The number of thioether (sulfide) groups is 1. The Morgan fingerprint density at radius 1 is 1.78 bits per heavy atom. The third-order valence-corrected chi connectivity index (χ3v) is 3.40. The zero-order valence-electron chi connectivity index (χ0n) is 5.10. The van der Waals surface area contributed by atoms with E-state index < -0.39 is 0 Å². The summed E-state index contributed by atoms with van der Waals surface area (Å²) < 4.78 is 0. The fourth-order valence-corrected chi connectivity index (χ4v) is 2.74. The van der Waals surface area contributed by atoms with Gasteiger partial charge in [-0.25, -0.2) is 0 Å². The molecule has 3 heteroatoms. The zero-order chi connectivity index (χ0) is 6.69. The van der Waals surface area contributed by atoms with E-state index in [0.29, 0.717) is 16.4 Å². The predicted molar refractivity (Wildman–Crippen MR) is 44.3 cm³/mol. The summed E-state index contributed by atoms with van der Waals surface area (Å²) in [6.07, 6.45) is 2.31. The highest BCUT2D eigenvalue weighted by Crippen LogP contribution is 2.26. The first kappa shape index (κ1) is 7.61. The lowest BCUT2D eigenvalue weighted by atomic mass is 10.2. The van der Waals surface area contributed by atoms with E-state index in [4.69, 9.17) is 0 Å². The molecular weight excluding hydrogens is 200 g/mol. The maximum Gasteiger partial charge on any atom is 0.156 e. The number of carbonyl (C=O) groups is 1. The van der Waals surface area contributed by atoms with Crippen LogP contribution < -0.4 is 0 Å². The quantitative estimate of drug-likeness (QED) is 0.645. The summed E-state index contributed by atoms with van der Waals surface area (Å²) >= 11 is 4.96. The number of alkyl halides is 1. The molecule has 0 aromatic heterocycles. The number of carbonyl (C=O) groups excluding carboxylic acids is 1. The Bertz CT molecular complexity index is 110. The molecule has 1 rings (SSSR count). The van der Waals surface area contributed by atoms with Crippen LogP contribution in [0.2, 0.25) is 0 Å². The van der Waals surface area contributed by atoms with Crippen LogP contribution in [0.4, 0.5) is 0 Å². The second kappa shape index (κ2) is 3.62. The Hall–Kier alpha value is 0.500. The Morgan fingerprint density at radius 2 is 2.56 bits per heavy atom. The molecular formula is C6H9BrOS. The highest BCUT2D eigenvalue weighted by Gasteiger charge is 2.21. The van der Waals surface area contributed by atoms with Gasteiger partial charge < -0.3 is 0 Å². The van der Waals surface area contributed by atoms with Gasteiger partial charge in [0.2, 0.25) is 0 Å². The van der Waals surface area contributed by atoms with Gasteiger partial charge in [-0.15, -0.1) is 0 Å². The van der Waals surface area contributed by atoms with Gasteiger partial charge in [-0.05, 0) is 18.6 Å². The maximum absolute atomic E-state index is 10.9. The van der Waals surface area contributed by atoms with Gasteiger partial charge in [0, 0.05) is 0 Å². The van der Waals surface area contributed by atoms with E-state index >= 15 is 0 Å². The largest absolute Gasteiger partial charge is 0.298 e. The van der Waals surface area contributed by atoms with Crippen molar-refractivity contribution in [1.82, 2.24) is 0 Å². The Labute approximate surface area is 67.7 Å². The van der Waals surface area contributed by atoms with Crippen LogP contribution in [0.1, 0.15) is 12.8 Å². The van der Waals surface area contributed by atoms with E-state index in [9.17, 15) is 4.79 Å². The van der Waals surface area contributed by atoms with Crippen molar-refractivity contribution >= 4 is 33.5 Å².